The first-order valence-electron chi connectivity index (χ1n) is 16.2. The number of nitrogens with one attached hydrogen (secondary N) is 1. The highest BCUT2D eigenvalue weighted by Gasteiger charge is 2.17. The quantitative estimate of drug-likeness (QED) is 0.0693. The second-order valence-corrected chi connectivity index (χ2v) is 10.9. The molecule has 0 aromatic rings. The van der Waals surface area contributed by atoms with Crippen molar-refractivity contribution >= 4 is 5.91 Å². The van der Waals surface area contributed by atoms with E-state index in [1.54, 1.807) is 6.08 Å². The summed E-state index contributed by atoms with van der Waals surface area (Å²) < 4.78 is 0. The molecule has 0 rings (SSSR count). The molecule has 3 N–H and O–H groups in total. The molecule has 2 atom stereocenters. The van der Waals surface area contributed by atoms with Gasteiger partial charge in [-0.25, -0.2) is 0 Å². The van der Waals surface area contributed by atoms with Gasteiger partial charge in [0.25, 0.3) is 0 Å². The summed E-state index contributed by atoms with van der Waals surface area (Å²) in [4.78, 5) is 12.2. The molecule has 0 aliphatic rings. The van der Waals surface area contributed by atoms with Crippen LogP contribution in [-0.4, -0.2) is 34.9 Å². The Balaban J connectivity index is 3.63. The van der Waals surface area contributed by atoms with E-state index in [1.807, 2.05) is 6.08 Å². The number of carbonyl (C=O) groups is 1. The number of hydrogen-bond acceptors (Lipinski definition) is 3. The number of aliphatic hydroxyl groups excluding tert-OH is 2. The molecule has 2 unspecified atom stereocenters. The number of aliphatic hydroxyl groups is 2. The van der Waals surface area contributed by atoms with Crippen molar-refractivity contribution in [1.82, 2.24) is 5.32 Å². The Labute approximate surface area is 236 Å². The van der Waals surface area contributed by atoms with Gasteiger partial charge in [-0.15, -0.1) is 0 Å². The van der Waals surface area contributed by atoms with Crippen LogP contribution in [-0.2, 0) is 4.79 Å². The minimum absolute atomic E-state index is 0.0846. The fourth-order valence-corrected chi connectivity index (χ4v) is 4.52. The van der Waals surface area contributed by atoms with Gasteiger partial charge in [-0.1, -0.05) is 134 Å². The Morgan fingerprint density at radius 3 is 1.61 bits per heavy atom. The first-order valence-corrected chi connectivity index (χ1v) is 16.2. The monoisotopic (exact) mass is 533 g/mol. The van der Waals surface area contributed by atoms with Crippen LogP contribution in [0, 0.1) is 0 Å². The Morgan fingerprint density at radius 1 is 0.605 bits per heavy atom. The second kappa shape index (κ2) is 30.2. The third kappa shape index (κ3) is 26.2. The third-order valence-electron chi connectivity index (χ3n) is 7.10. The standard InChI is InChI=1S/C34H63NO3/c1-3-5-7-9-11-13-14-15-16-17-18-19-20-21-22-24-26-28-30-34(38)35-32(31-36)33(37)29-27-25-23-12-10-8-6-4-2/h10,12,16-17,27,29,32-33,36-37H,3-9,11,13-15,18-26,28,30-31H2,1-2H3,(H,35,38)/b12-10+,17-16-,29-27+. The van der Waals surface area contributed by atoms with Gasteiger partial charge in [0.15, 0.2) is 0 Å². The van der Waals surface area contributed by atoms with E-state index in [9.17, 15) is 15.0 Å². The van der Waals surface area contributed by atoms with Crippen LogP contribution in [0.15, 0.2) is 36.5 Å². The van der Waals surface area contributed by atoms with Crippen molar-refractivity contribution in [3.05, 3.63) is 36.5 Å². The van der Waals surface area contributed by atoms with Crippen molar-refractivity contribution in [2.45, 2.75) is 167 Å². The molecule has 0 fully saturated rings. The van der Waals surface area contributed by atoms with Crippen LogP contribution in [0.2, 0.25) is 0 Å². The van der Waals surface area contributed by atoms with Crippen molar-refractivity contribution in [3.8, 4) is 0 Å². The lowest BCUT2D eigenvalue weighted by Gasteiger charge is -2.19. The van der Waals surface area contributed by atoms with Crippen molar-refractivity contribution in [2.75, 3.05) is 6.61 Å². The molecule has 0 aromatic carbocycles. The molecule has 0 saturated heterocycles. The van der Waals surface area contributed by atoms with Crippen LogP contribution in [0.25, 0.3) is 0 Å². The lowest BCUT2D eigenvalue weighted by molar-refractivity contribution is -0.123. The van der Waals surface area contributed by atoms with Gasteiger partial charge in [0.1, 0.15) is 0 Å². The van der Waals surface area contributed by atoms with E-state index in [0.29, 0.717) is 6.42 Å². The zero-order valence-electron chi connectivity index (χ0n) is 25.2. The molecule has 0 aliphatic heterocycles. The summed E-state index contributed by atoms with van der Waals surface area (Å²) in [6, 6.07) is -0.636. The molecule has 0 saturated carbocycles. The molecule has 0 aliphatic carbocycles. The summed E-state index contributed by atoms with van der Waals surface area (Å²) >= 11 is 0. The van der Waals surface area contributed by atoms with Gasteiger partial charge in [0.2, 0.25) is 5.91 Å². The van der Waals surface area contributed by atoms with Crippen molar-refractivity contribution < 1.29 is 15.0 Å². The minimum Gasteiger partial charge on any atom is -0.394 e. The van der Waals surface area contributed by atoms with Crippen molar-refractivity contribution in [2.24, 2.45) is 0 Å². The second-order valence-electron chi connectivity index (χ2n) is 10.9. The summed E-state index contributed by atoms with van der Waals surface area (Å²) in [5.74, 6) is -0.0846. The van der Waals surface area contributed by atoms with E-state index >= 15 is 0 Å². The topological polar surface area (TPSA) is 69.6 Å². The predicted molar refractivity (Wildman–Crippen MR) is 165 cm³/mol. The first-order chi connectivity index (χ1) is 18.7. The molecular weight excluding hydrogens is 470 g/mol. The van der Waals surface area contributed by atoms with Crippen LogP contribution in [0.4, 0.5) is 0 Å². The molecule has 0 spiro atoms. The maximum atomic E-state index is 12.2. The van der Waals surface area contributed by atoms with Gasteiger partial charge in [-0.3, -0.25) is 4.79 Å². The third-order valence-corrected chi connectivity index (χ3v) is 7.10. The molecule has 1 amide bonds. The van der Waals surface area contributed by atoms with Gasteiger partial charge in [0, 0.05) is 6.42 Å². The molecule has 222 valence electrons. The van der Waals surface area contributed by atoms with E-state index in [-0.39, 0.29) is 12.5 Å². The van der Waals surface area contributed by atoms with Crippen LogP contribution >= 0.6 is 0 Å². The highest BCUT2D eigenvalue weighted by Crippen LogP contribution is 2.12. The molecule has 4 nitrogen and oxygen atoms in total. The van der Waals surface area contributed by atoms with Gasteiger partial charge in [-0.05, 0) is 51.4 Å². The summed E-state index contributed by atoms with van der Waals surface area (Å²) in [5, 5.41) is 22.6. The van der Waals surface area contributed by atoms with Crippen molar-refractivity contribution in [1.29, 1.82) is 0 Å². The maximum Gasteiger partial charge on any atom is 0.220 e. The van der Waals surface area contributed by atoms with Gasteiger partial charge in [0.05, 0.1) is 18.8 Å². The Morgan fingerprint density at radius 2 is 1.05 bits per heavy atom. The molecule has 0 radical (unpaired) electrons. The normalized spacial score (nSPS) is 13.7. The van der Waals surface area contributed by atoms with Crippen LogP contribution in [0.5, 0.6) is 0 Å². The summed E-state index contributed by atoms with van der Waals surface area (Å²) in [5.41, 5.74) is 0. The summed E-state index contributed by atoms with van der Waals surface area (Å²) in [6.45, 7) is 4.20. The Kier molecular flexibility index (Phi) is 29.1. The van der Waals surface area contributed by atoms with E-state index < -0.39 is 12.1 Å². The smallest absolute Gasteiger partial charge is 0.220 e. The largest absolute Gasteiger partial charge is 0.394 e. The molecule has 0 bridgehead atoms. The number of rotatable bonds is 28. The van der Waals surface area contributed by atoms with Crippen LogP contribution < -0.4 is 5.32 Å². The maximum absolute atomic E-state index is 12.2. The fourth-order valence-electron chi connectivity index (χ4n) is 4.52. The van der Waals surface area contributed by atoms with E-state index in [0.717, 1.165) is 32.1 Å². The minimum atomic E-state index is -0.858. The summed E-state index contributed by atoms with van der Waals surface area (Å²) in [7, 11) is 0. The Hall–Kier alpha value is -1.39. The average Bonchev–Trinajstić information content (AvgIpc) is 2.92. The van der Waals surface area contributed by atoms with E-state index in [1.165, 1.54) is 103 Å². The zero-order valence-corrected chi connectivity index (χ0v) is 25.2. The summed E-state index contributed by atoms with van der Waals surface area (Å²) in [6.07, 6.45) is 38.0. The van der Waals surface area contributed by atoms with Gasteiger partial charge >= 0.3 is 0 Å². The highest BCUT2D eigenvalue weighted by molar-refractivity contribution is 5.76. The fraction of sp³-hybridized carbons (Fsp3) is 0.794. The molecule has 4 heteroatoms. The molecule has 0 aromatic heterocycles. The zero-order chi connectivity index (χ0) is 27.9. The number of carbonyl (C=O) groups excluding carboxylic acids is 1. The van der Waals surface area contributed by atoms with Crippen LogP contribution in [0.3, 0.4) is 0 Å². The lowest BCUT2D eigenvalue weighted by Crippen LogP contribution is -2.45. The molecule has 38 heavy (non-hydrogen) atoms. The van der Waals surface area contributed by atoms with Crippen molar-refractivity contribution in [3.63, 3.8) is 0 Å². The van der Waals surface area contributed by atoms with E-state index in [2.05, 4.69) is 43.5 Å². The molecule has 0 heterocycles. The SMILES string of the molecule is CCCC/C=C/CC/C=C/C(O)C(CO)NC(=O)CCCCCCCCC/C=C\CCCCCCCCC. The average molecular weight is 534 g/mol. The van der Waals surface area contributed by atoms with Gasteiger partial charge < -0.3 is 15.5 Å². The molecular formula is C34H63NO3. The van der Waals surface area contributed by atoms with E-state index in [4.69, 9.17) is 0 Å². The number of amides is 1. The number of unbranched alkanes of at least 4 members (excludes halogenated alkanes) is 17. The van der Waals surface area contributed by atoms with Gasteiger partial charge in [-0.2, -0.15) is 0 Å². The first kappa shape index (κ1) is 36.6. The number of hydrogen-bond donors (Lipinski definition) is 3. The van der Waals surface area contributed by atoms with Crippen LogP contribution in [0.1, 0.15) is 155 Å². The highest BCUT2D eigenvalue weighted by atomic mass is 16.3. The predicted octanol–water partition coefficient (Wildman–Crippen LogP) is 9.12. The number of allylic oxidation sites excluding steroid dienone is 5. The lowest BCUT2D eigenvalue weighted by atomic mass is 10.1. The Bertz CT molecular complexity index is 584.